The molecule has 6 heteroatoms. The number of ether oxygens (including phenoxy) is 2. The number of nitrogens with two attached hydrogens (primary N) is 1. The Bertz CT molecular complexity index is 400. The topological polar surface area (TPSA) is 84.9 Å². The zero-order chi connectivity index (χ0) is 13.7. The lowest BCUT2D eigenvalue weighted by Crippen LogP contribution is -2.29. The molecule has 0 amide bonds. The molecule has 1 aromatic carbocycles. The van der Waals surface area contributed by atoms with Crippen molar-refractivity contribution in [2.45, 2.75) is 18.6 Å². The van der Waals surface area contributed by atoms with E-state index in [0.29, 0.717) is 22.1 Å². The molecule has 0 fully saturated rings. The minimum Gasteiger partial charge on any atom is -0.496 e. The fraction of sp³-hybridized carbons (Fsp3) is 0.500. The lowest BCUT2D eigenvalue weighted by Gasteiger charge is -2.21. The van der Waals surface area contributed by atoms with Crippen LogP contribution in [0, 0.1) is 0 Å². The van der Waals surface area contributed by atoms with Crippen molar-refractivity contribution in [2.75, 3.05) is 20.8 Å². The van der Waals surface area contributed by atoms with Gasteiger partial charge in [0.1, 0.15) is 11.5 Å². The maximum atomic E-state index is 10.1. The van der Waals surface area contributed by atoms with Crippen LogP contribution in [0.3, 0.4) is 0 Å². The second-order valence-corrected chi connectivity index (χ2v) is 4.26. The van der Waals surface area contributed by atoms with Crippen LogP contribution in [0.4, 0.5) is 0 Å². The highest BCUT2D eigenvalue weighted by atomic mass is 35.5. The van der Waals surface area contributed by atoms with E-state index in [1.165, 1.54) is 14.2 Å². The van der Waals surface area contributed by atoms with Crippen molar-refractivity contribution in [2.24, 2.45) is 5.73 Å². The molecule has 1 rings (SSSR count). The lowest BCUT2D eigenvalue weighted by molar-refractivity contribution is 0.126. The van der Waals surface area contributed by atoms with Gasteiger partial charge in [-0.25, -0.2) is 0 Å². The van der Waals surface area contributed by atoms with Gasteiger partial charge < -0.3 is 25.4 Å². The largest absolute Gasteiger partial charge is 0.496 e. The summed E-state index contributed by atoms with van der Waals surface area (Å²) in [6.07, 6.45) is -0.677. The van der Waals surface area contributed by atoms with Gasteiger partial charge in [-0.3, -0.25) is 0 Å². The summed E-state index contributed by atoms with van der Waals surface area (Å²) in [6, 6.07) is 2.56. The first kappa shape index (κ1) is 15.0. The second-order valence-electron chi connectivity index (χ2n) is 3.85. The molecule has 2 atom stereocenters. The van der Waals surface area contributed by atoms with Crippen molar-refractivity contribution in [1.82, 2.24) is 0 Å². The van der Waals surface area contributed by atoms with Gasteiger partial charge in [0.2, 0.25) is 0 Å². The molecule has 5 nitrogen and oxygen atoms in total. The average molecular weight is 276 g/mol. The van der Waals surface area contributed by atoms with Crippen LogP contribution in [0.5, 0.6) is 11.5 Å². The number of aliphatic hydroxyl groups is 2. The van der Waals surface area contributed by atoms with E-state index in [4.69, 9.17) is 31.9 Å². The van der Waals surface area contributed by atoms with Gasteiger partial charge in [-0.05, 0) is 12.5 Å². The minimum absolute atomic E-state index is 0.0928. The van der Waals surface area contributed by atoms with Gasteiger partial charge in [0, 0.05) is 24.3 Å². The first-order chi connectivity index (χ1) is 8.54. The van der Waals surface area contributed by atoms with Crippen molar-refractivity contribution in [3.05, 3.63) is 22.7 Å². The quantitative estimate of drug-likeness (QED) is 0.724. The standard InChI is InChI=1S/C12H18ClNO4/c1-17-10-6-11(18-2)8(13)5-7(10)12(16)9(14)3-4-15/h5-6,9,12,15-16H,3-4,14H2,1-2H3. The molecule has 0 spiro atoms. The van der Waals surface area contributed by atoms with Crippen molar-refractivity contribution in [3.8, 4) is 11.5 Å². The maximum Gasteiger partial charge on any atom is 0.141 e. The smallest absolute Gasteiger partial charge is 0.141 e. The third-order valence-electron chi connectivity index (χ3n) is 2.69. The second kappa shape index (κ2) is 6.80. The number of aliphatic hydroxyl groups excluding tert-OH is 2. The molecular formula is C12H18ClNO4. The number of hydrogen-bond donors (Lipinski definition) is 3. The number of hydrogen-bond acceptors (Lipinski definition) is 5. The van der Waals surface area contributed by atoms with E-state index in [9.17, 15) is 5.11 Å². The van der Waals surface area contributed by atoms with Crippen LogP contribution in [-0.4, -0.2) is 37.1 Å². The Labute approximate surface area is 111 Å². The minimum atomic E-state index is -0.962. The molecule has 0 aromatic heterocycles. The van der Waals surface area contributed by atoms with Gasteiger partial charge in [0.05, 0.1) is 25.3 Å². The molecule has 18 heavy (non-hydrogen) atoms. The molecule has 0 bridgehead atoms. The first-order valence-electron chi connectivity index (χ1n) is 5.51. The van der Waals surface area contributed by atoms with Crippen LogP contribution >= 0.6 is 11.6 Å². The van der Waals surface area contributed by atoms with Gasteiger partial charge in [-0.2, -0.15) is 0 Å². The van der Waals surface area contributed by atoms with E-state index in [1.807, 2.05) is 0 Å². The van der Waals surface area contributed by atoms with Crippen LogP contribution in [-0.2, 0) is 0 Å². The molecular weight excluding hydrogens is 258 g/mol. The average Bonchev–Trinajstić information content (AvgIpc) is 2.37. The molecule has 0 saturated heterocycles. The predicted molar refractivity (Wildman–Crippen MR) is 69.2 cm³/mol. The van der Waals surface area contributed by atoms with Crippen LogP contribution in [0.15, 0.2) is 12.1 Å². The summed E-state index contributed by atoms with van der Waals surface area (Å²) >= 11 is 6.00. The SMILES string of the molecule is COc1cc(OC)c(C(O)C(N)CCO)cc1Cl. The van der Waals surface area contributed by atoms with E-state index in [2.05, 4.69) is 0 Å². The molecule has 4 N–H and O–H groups in total. The number of rotatable bonds is 6. The number of methoxy groups -OCH3 is 2. The molecule has 0 aliphatic heterocycles. The summed E-state index contributed by atoms with van der Waals surface area (Å²) in [5, 5.41) is 19.3. The van der Waals surface area contributed by atoms with Crippen LogP contribution < -0.4 is 15.2 Å². The first-order valence-corrected chi connectivity index (χ1v) is 5.88. The monoisotopic (exact) mass is 275 g/mol. The summed E-state index contributed by atoms with van der Waals surface area (Å²) in [6.45, 7) is -0.0928. The number of halogens is 1. The van der Waals surface area contributed by atoms with Gasteiger partial charge in [0.25, 0.3) is 0 Å². The highest BCUT2D eigenvalue weighted by molar-refractivity contribution is 6.32. The van der Waals surface area contributed by atoms with E-state index in [0.717, 1.165) is 0 Å². The van der Waals surface area contributed by atoms with E-state index >= 15 is 0 Å². The van der Waals surface area contributed by atoms with E-state index in [-0.39, 0.29) is 13.0 Å². The normalized spacial score (nSPS) is 14.1. The molecule has 0 saturated carbocycles. The fourth-order valence-corrected chi connectivity index (χ4v) is 1.90. The van der Waals surface area contributed by atoms with Crippen molar-refractivity contribution in [3.63, 3.8) is 0 Å². The summed E-state index contributed by atoms with van der Waals surface area (Å²) in [5.74, 6) is 0.900. The highest BCUT2D eigenvalue weighted by Crippen LogP contribution is 2.36. The zero-order valence-electron chi connectivity index (χ0n) is 10.4. The van der Waals surface area contributed by atoms with Crippen molar-refractivity contribution in [1.29, 1.82) is 0 Å². The van der Waals surface area contributed by atoms with Gasteiger partial charge >= 0.3 is 0 Å². The third kappa shape index (κ3) is 3.26. The third-order valence-corrected chi connectivity index (χ3v) is 2.99. The summed E-state index contributed by atoms with van der Waals surface area (Å²) in [5.41, 5.74) is 6.24. The predicted octanol–water partition coefficient (Wildman–Crippen LogP) is 1.10. The Morgan fingerprint density at radius 3 is 2.39 bits per heavy atom. The highest BCUT2D eigenvalue weighted by Gasteiger charge is 2.22. The van der Waals surface area contributed by atoms with Crippen LogP contribution in [0.1, 0.15) is 18.1 Å². The summed E-state index contributed by atoms with van der Waals surface area (Å²) < 4.78 is 10.2. The number of benzene rings is 1. The molecule has 0 aliphatic rings. The maximum absolute atomic E-state index is 10.1. The molecule has 0 heterocycles. The van der Waals surface area contributed by atoms with Crippen molar-refractivity contribution < 1.29 is 19.7 Å². The Kier molecular flexibility index (Phi) is 5.68. The molecule has 102 valence electrons. The Morgan fingerprint density at radius 2 is 1.89 bits per heavy atom. The zero-order valence-corrected chi connectivity index (χ0v) is 11.1. The molecule has 0 radical (unpaired) electrons. The van der Waals surface area contributed by atoms with Gasteiger partial charge in [-0.15, -0.1) is 0 Å². The Balaban J connectivity index is 3.10. The fourth-order valence-electron chi connectivity index (χ4n) is 1.65. The van der Waals surface area contributed by atoms with Gasteiger partial charge in [0.15, 0.2) is 0 Å². The van der Waals surface area contributed by atoms with E-state index < -0.39 is 12.1 Å². The van der Waals surface area contributed by atoms with Crippen LogP contribution in [0.2, 0.25) is 5.02 Å². The lowest BCUT2D eigenvalue weighted by atomic mass is 9.99. The van der Waals surface area contributed by atoms with E-state index in [1.54, 1.807) is 12.1 Å². The van der Waals surface area contributed by atoms with Crippen molar-refractivity contribution >= 4 is 11.6 Å². The molecule has 2 unspecified atom stereocenters. The summed E-state index contributed by atoms with van der Waals surface area (Å²) in [7, 11) is 2.98. The Hall–Kier alpha value is -1.01. The summed E-state index contributed by atoms with van der Waals surface area (Å²) in [4.78, 5) is 0. The molecule has 1 aromatic rings. The Morgan fingerprint density at radius 1 is 1.28 bits per heavy atom. The van der Waals surface area contributed by atoms with Crippen LogP contribution in [0.25, 0.3) is 0 Å². The molecule has 0 aliphatic carbocycles. The van der Waals surface area contributed by atoms with Gasteiger partial charge in [-0.1, -0.05) is 11.6 Å².